The van der Waals surface area contributed by atoms with Crippen LogP contribution in [0.25, 0.3) is 0 Å². The monoisotopic (exact) mass is 231 g/mol. The van der Waals surface area contributed by atoms with Crippen LogP contribution in [0.2, 0.25) is 0 Å². The Morgan fingerprint density at radius 3 is 2.71 bits per heavy atom. The van der Waals surface area contributed by atoms with E-state index in [1.165, 1.54) is 0 Å². The average Bonchev–Trinajstić information content (AvgIpc) is 2.82. The quantitative estimate of drug-likeness (QED) is 0.790. The minimum atomic E-state index is 0.137. The summed E-state index contributed by atoms with van der Waals surface area (Å²) in [5.74, 6) is 0.689. The van der Waals surface area contributed by atoms with Crippen LogP contribution in [0.4, 0.5) is 0 Å². The predicted molar refractivity (Wildman–Crippen MR) is 61.9 cm³/mol. The summed E-state index contributed by atoms with van der Waals surface area (Å²) in [7, 11) is 1.56. The van der Waals surface area contributed by atoms with Gasteiger partial charge in [0.25, 0.3) is 0 Å². The molecule has 4 heteroatoms. The van der Waals surface area contributed by atoms with Gasteiger partial charge in [-0.2, -0.15) is 0 Å². The van der Waals surface area contributed by atoms with Crippen molar-refractivity contribution >= 4 is 5.78 Å². The lowest BCUT2D eigenvalue weighted by molar-refractivity contribution is -0.117. The first-order valence-corrected chi connectivity index (χ1v) is 5.29. The molecule has 88 valence electrons. The number of hydrogen-bond acceptors (Lipinski definition) is 4. The molecule has 0 spiro atoms. The van der Waals surface area contributed by atoms with E-state index in [1.54, 1.807) is 38.0 Å². The molecule has 0 bridgehead atoms. The molecule has 0 saturated heterocycles. The molecule has 0 aromatic carbocycles. The topological polar surface area (TPSA) is 52.3 Å². The molecule has 0 aliphatic carbocycles. The van der Waals surface area contributed by atoms with E-state index < -0.39 is 0 Å². The molecule has 0 radical (unpaired) electrons. The number of furan rings is 1. The van der Waals surface area contributed by atoms with Gasteiger partial charge in [-0.15, -0.1) is 0 Å². The van der Waals surface area contributed by atoms with Gasteiger partial charge in [0.05, 0.1) is 19.6 Å². The number of hydrogen-bond donors (Lipinski definition) is 0. The van der Waals surface area contributed by atoms with Crippen molar-refractivity contribution in [1.29, 1.82) is 0 Å². The van der Waals surface area contributed by atoms with E-state index in [2.05, 4.69) is 4.98 Å². The molecule has 4 nitrogen and oxygen atoms in total. The van der Waals surface area contributed by atoms with E-state index in [-0.39, 0.29) is 5.78 Å². The number of nitrogens with zero attached hydrogens (tertiary/aromatic N) is 1. The molecule has 0 atom stereocenters. The minimum absolute atomic E-state index is 0.137. The van der Waals surface area contributed by atoms with Crippen molar-refractivity contribution in [3.8, 4) is 5.88 Å². The first-order valence-electron chi connectivity index (χ1n) is 5.29. The second-order valence-electron chi connectivity index (χ2n) is 3.73. The number of ketones is 1. The maximum Gasteiger partial charge on any atom is 0.212 e. The van der Waals surface area contributed by atoms with Crippen molar-refractivity contribution in [3.63, 3.8) is 0 Å². The lowest BCUT2D eigenvalue weighted by Gasteiger charge is -2.01. The maximum atomic E-state index is 11.7. The number of Topliss-reactive ketones (excluding diaryl/α,β-unsaturated/α-hetero) is 1. The SMILES string of the molecule is COc1ccc(CC(=O)Cc2ccoc2)cn1. The molecule has 0 amide bonds. The Morgan fingerprint density at radius 2 is 2.12 bits per heavy atom. The van der Waals surface area contributed by atoms with Crippen LogP contribution in [-0.4, -0.2) is 17.9 Å². The van der Waals surface area contributed by atoms with E-state index in [0.717, 1.165) is 11.1 Å². The van der Waals surface area contributed by atoms with Gasteiger partial charge in [0.2, 0.25) is 5.88 Å². The molecule has 2 aromatic rings. The zero-order valence-electron chi connectivity index (χ0n) is 9.55. The maximum absolute atomic E-state index is 11.7. The molecule has 2 rings (SSSR count). The highest BCUT2D eigenvalue weighted by molar-refractivity contribution is 5.82. The summed E-state index contributed by atoms with van der Waals surface area (Å²) in [6.45, 7) is 0. The number of carbonyl (C=O) groups excluding carboxylic acids is 1. The summed E-state index contributed by atoms with van der Waals surface area (Å²) in [4.78, 5) is 15.8. The number of methoxy groups -OCH3 is 1. The number of carbonyl (C=O) groups is 1. The fourth-order valence-corrected chi connectivity index (χ4v) is 1.55. The minimum Gasteiger partial charge on any atom is -0.481 e. The Morgan fingerprint density at radius 1 is 1.29 bits per heavy atom. The van der Waals surface area contributed by atoms with E-state index in [1.807, 2.05) is 6.07 Å². The van der Waals surface area contributed by atoms with Crippen LogP contribution >= 0.6 is 0 Å². The Balaban J connectivity index is 1.93. The highest BCUT2D eigenvalue weighted by atomic mass is 16.5. The highest BCUT2D eigenvalue weighted by Gasteiger charge is 2.06. The molecule has 0 N–H and O–H groups in total. The van der Waals surface area contributed by atoms with E-state index in [4.69, 9.17) is 9.15 Å². The number of rotatable bonds is 5. The van der Waals surface area contributed by atoms with Crippen LogP contribution in [0.3, 0.4) is 0 Å². The Hall–Kier alpha value is -2.10. The van der Waals surface area contributed by atoms with E-state index in [9.17, 15) is 4.79 Å². The van der Waals surface area contributed by atoms with Gasteiger partial charge in [-0.3, -0.25) is 4.79 Å². The van der Waals surface area contributed by atoms with E-state index in [0.29, 0.717) is 18.7 Å². The first-order chi connectivity index (χ1) is 8.28. The standard InChI is InChI=1S/C13H13NO3/c1-16-13-3-2-10(8-14-13)6-12(15)7-11-4-5-17-9-11/h2-5,8-9H,6-7H2,1H3. The van der Waals surface area contributed by atoms with Gasteiger partial charge >= 0.3 is 0 Å². The summed E-state index contributed by atoms with van der Waals surface area (Å²) >= 11 is 0. The van der Waals surface area contributed by atoms with Crippen molar-refractivity contribution < 1.29 is 13.9 Å². The summed E-state index contributed by atoms with van der Waals surface area (Å²) in [6.07, 6.45) is 5.58. The zero-order valence-corrected chi connectivity index (χ0v) is 9.55. The van der Waals surface area contributed by atoms with Gasteiger partial charge < -0.3 is 9.15 Å². The average molecular weight is 231 g/mol. The fraction of sp³-hybridized carbons (Fsp3) is 0.231. The molecule has 17 heavy (non-hydrogen) atoms. The third-order valence-electron chi connectivity index (χ3n) is 2.39. The highest BCUT2D eigenvalue weighted by Crippen LogP contribution is 2.09. The summed E-state index contributed by atoms with van der Waals surface area (Å²) in [6, 6.07) is 5.39. The van der Waals surface area contributed by atoms with E-state index >= 15 is 0 Å². The lowest BCUT2D eigenvalue weighted by Crippen LogP contribution is -2.06. The second-order valence-corrected chi connectivity index (χ2v) is 3.73. The van der Waals surface area contributed by atoms with Gasteiger partial charge in [-0.25, -0.2) is 4.98 Å². The number of aromatic nitrogens is 1. The number of pyridine rings is 1. The van der Waals surface area contributed by atoms with Crippen molar-refractivity contribution in [2.75, 3.05) is 7.11 Å². The summed E-state index contributed by atoms with van der Waals surface area (Å²) in [5, 5.41) is 0. The first kappa shape index (κ1) is 11.4. The smallest absolute Gasteiger partial charge is 0.212 e. The number of ether oxygens (including phenoxy) is 1. The molecule has 0 saturated carbocycles. The van der Waals surface area contributed by atoms with Crippen molar-refractivity contribution in [1.82, 2.24) is 4.98 Å². The van der Waals surface area contributed by atoms with Crippen molar-refractivity contribution in [3.05, 3.63) is 48.0 Å². The van der Waals surface area contributed by atoms with Gasteiger partial charge in [0.15, 0.2) is 0 Å². The van der Waals surface area contributed by atoms with Crippen LogP contribution in [0.5, 0.6) is 5.88 Å². The third kappa shape index (κ3) is 3.17. The molecule has 0 fully saturated rings. The van der Waals surface area contributed by atoms with Gasteiger partial charge in [-0.05, 0) is 17.2 Å². The Labute approximate surface area is 99.2 Å². The van der Waals surface area contributed by atoms with Crippen LogP contribution in [0.15, 0.2) is 41.3 Å². The molecule has 2 aromatic heterocycles. The van der Waals surface area contributed by atoms with Crippen LogP contribution in [-0.2, 0) is 17.6 Å². The van der Waals surface area contributed by atoms with Gasteiger partial charge in [-0.1, -0.05) is 6.07 Å². The molecule has 0 aliphatic heterocycles. The third-order valence-corrected chi connectivity index (χ3v) is 2.39. The van der Waals surface area contributed by atoms with Crippen LogP contribution in [0.1, 0.15) is 11.1 Å². The predicted octanol–water partition coefficient (Wildman–Crippen LogP) is 2.04. The largest absolute Gasteiger partial charge is 0.481 e. The van der Waals surface area contributed by atoms with Crippen LogP contribution < -0.4 is 4.74 Å². The van der Waals surface area contributed by atoms with Crippen LogP contribution in [0, 0.1) is 0 Å². The van der Waals surface area contributed by atoms with Gasteiger partial charge in [0.1, 0.15) is 5.78 Å². The molecule has 0 aliphatic rings. The lowest BCUT2D eigenvalue weighted by atomic mass is 10.1. The van der Waals surface area contributed by atoms with Crippen molar-refractivity contribution in [2.24, 2.45) is 0 Å². The normalized spacial score (nSPS) is 10.2. The molecular weight excluding hydrogens is 218 g/mol. The fourth-order valence-electron chi connectivity index (χ4n) is 1.55. The molecule has 0 unspecified atom stereocenters. The summed E-state index contributed by atoms with van der Waals surface area (Å²) in [5.41, 5.74) is 1.79. The Kier molecular flexibility index (Phi) is 3.55. The Bertz CT molecular complexity index is 474. The van der Waals surface area contributed by atoms with Crippen molar-refractivity contribution in [2.45, 2.75) is 12.8 Å². The summed E-state index contributed by atoms with van der Waals surface area (Å²) < 4.78 is 9.87. The van der Waals surface area contributed by atoms with Gasteiger partial charge in [0, 0.05) is 25.1 Å². The second kappa shape index (κ2) is 5.30. The molecular formula is C13H13NO3. The molecule has 2 heterocycles. The zero-order chi connectivity index (χ0) is 12.1.